The largest absolute Gasteiger partial charge is 0.466 e. The molecule has 158 valence electrons. The number of ketones is 1. The second-order valence-electron chi connectivity index (χ2n) is 10.0. The molecule has 0 saturated heterocycles. The summed E-state index contributed by atoms with van der Waals surface area (Å²) in [6, 6.07) is 0. The van der Waals surface area contributed by atoms with Crippen LogP contribution in [0.25, 0.3) is 0 Å². The molecular formula is C22H34O6. The maximum absolute atomic E-state index is 12.6. The molecule has 6 nitrogen and oxygen atoms in total. The second-order valence-corrected chi connectivity index (χ2v) is 10.0. The lowest BCUT2D eigenvalue weighted by Crippen LogP contribution is -2.69. The molecule has 4 rings (SSSR count). The zero-order valence-corrected chi connectivity index (χ0v) is 17.1. The van der Waals surface area contributed by atoms with Gasteiger partial charge in [0.05, 0.1) is 30.3 Å². The number of carbonyl (C=O) groups is 2. The van der Waals surface area contributed by atoms with E-state index in [1.807, 2.05) is 6.92 Å². The average Bonchev–Trinajstić information content (AvgIpc) is 2.92. The molecule has 3 N–H and O–H groups in total. The fraction of sp³-hybridized carbons (Fsp3) is 0.909. The van der Waals surface area contributed by atoms with E-state index in [1.54, 1.807) is 6.92 Å². The van der Waals surface area contributed by atoms with Crippen molar-refractivity contribution in [2.75, 3.05) is 13.2 Å². The fourth-order valence-electron chi connectivity index (χ4n) is 7.77. The Labute approximate surface area is 166 Å². The Kier molecular flexibility index (Phi) is 4.72. The van der Waals surface area contributed by atoms with Crippen molar-refractivity contribution in [2.24, 2.45) is 28.6 Å². The first-order valence-corrected chi connectivity index (χ1v) is 10.9. The van der Waals surface area contributed by atoms with E-state index in [1.165, 1.54) is 0 Å². The van der Waals surface area contributed by atoms with E-state index in [-0.39, 0.29) is 42.5 Å². The Bertz CT molecular complexity index is 678. The molecule has 0 aromatic rings. The Morgan fingerprint density at radius 2 is 1.82 bits per heavy atom. The third-order valence-corrected chi connectivity index (χ3v) is 9.34. The zero-order chi connectivity index (χ0) is 20.4. The molecule has 0 aromatic heterocycles. The molecule has 0 bridgehead atoms. The monoisotopic (exact) mass is 394 g/mol. The lowest BCUT2D eigenvalue weighted by Gasteiger charge is -2.65. The van der Waals surface area contributed by atoms with E-state index in [9.17, 15) is 24.9 Å². The normalized spacial score (nSPS) is 50.5. The number of hydrogen-bond acceptors (Lipinski definition) is 6. The molecule has 4 aliphatic carbocycles. The standard InChI is InChI=1S/C22H34O6/c1-3-28-18(25)17-7-11-22(27)16-6-10-21(26)12-14(24)4-9-20(21,13-23)15(16)5-8-19(17,22)2/h15-17,23,26-27H,3-13H2,1-2H3/t15-,16+,17+,19-,20+,21-,22+/m1/s1. The van der Waals surface area contributed by atoms with Crippen molar-refractivity contribution < 1.29 is 29.6 Å². The predicted molar refractivity (Wildman–Crippen MR) is 101 cm³/mol. The van der Waals surface area contributed by atoms with E-state index < -0.39 is 22.0 Å². The van der Waals surface area contributed by atoms with Gasteiger partial charge in [-0.25, -0.2) is 0 Å². The molecule has 0 spiro atoms. The van der Waals surface area contributed by atoms with Crippen molar-refractivity contribution in [1.82, 2.24) is 0 Å². The van der Waals surface area contributed by atoms with Crippen LogP contribution in [0.1, 0.15) is 71.6 Å². The first-order valence-electron chi connectivity index (χ1n) is 10.9. The van der Waals surface area contributed by atoms with Crippen LogP contribution in [-0.4, -0.2) is 51.5 Å². The van der Waals surface area contributed by atoms with E-state index in [0.29, 0.717) is 51.6 Å². The van der Waals surface area contributed by atoms with Gasteiger partial charge in [0.2, 0.25) is 0 Å². The first kappa shape index (κ1) is 20.3. The zero-order valence-electron chi connectivity index (χ0n) is 17.1. The van der Waals surface area contributed by atoms with Crippen molar-refractivity contribution in [3.05, 3.63) is 0 Å². The van der Waals surface area contributed by atoms with Crippen LogP contribution >= 0.6 is 0 Å². The van der Waals surface area contributed by atoms with Crippen LogP contribution in [-0.2, 0) is 14.3 Å². The molecule has 4 fully saturated rings. The molecule has 4 aliphatic rings. The summed E-state index contributed by atoms with van der Waals surface area (Å²) in [4.78, 5) is 24.7. The first-order chi connectivity index (χ1) is 13.2. The number of carbonyl (C=O) groups excluding carboxylic acids is 2. The quantitative estimate of drug-likeness (QED) is 0.633. The highest BCUT2D eigenvalue weighted by Crippen LogP contribution is 2.69. The van der Waals surface area contributed by atoms with Gasteiger partial charge in [0.1, 0.15) is 5.78 Å². The minimum Gasteiger partial charge on any atom is -0.466 e. The Morgan fingerprint density at radius 1 is 1.11 bits per heavy atom. The van der Waals surface area contributed by atoms with Crippen LogP contribution in [0, 0.1) is 28.6 Å². The summed E-state index contributed by atoms with van der Waals surface area (Å²) >= 11 is 0. The summed E-state index contributed by atoms with van der Waals surface area (Å²) in [5.74, 6) is -0.577. The average molecular weight is 395 g/mol. The predicted octanol–water partition coefficient (Wildman–Crippen LogP) is 1.98. The summed E-state index contributed by atoms with van der Waals surface area (Å²) in [5, 5.41) is 33.8. The van der Waals surface area contributed by atoms with Gasteiger partial charge in [0.25, 0.3) is 0 Å². The molecule has 0 radical (unpaired) electrons. The minimum absolute atomic E-state index is 0.0385. The van der Waals surface area contributed by atoms with E-state index >= 15 is 0 Å². The van der Waals surface area contributed by atoms with Crippen LogP contribution in [0.5, 0.6) is 0 Å². The third-order valence-electron chi connectivity index (χ3n) is 9.34. The number of ether oxygens (including phenoxy) is 1. The van der Waals surface area contributed by atoms with Gasteiger partial charge in [-0.05, 0) is 63.7 Å². The maximum atomic E-state index is 12.6. The van der Waals surface area contributed by atoms with Crippen molar-refractivity contribution in [3.63, 3.8) is 0 Å². The molecule has 4 saturated carbocycles. The summed E-state index contributed by atoms with van der Waals surface area (Å²) < 4.78 is 5.31. The van der Waals surface area contributed by atoms with Gasteiger partial charge in [-0.3, -0.25) is 9.59 Å². The topological polar surface area (TPSA) is 104 Å². The van der Waals surface area contributed by atoms with Crippen LogP contribution in [0.3, 0.4) is 0 Å². The number of aliphatic hydroxyl groups excluding tert-OH is 1. The van der Waals surface area contributed by atoms with Gasteiger partial charge in [0.15, 0.2) is 0 Å². The van der Waals surface area contributed by atoms with Gasteiger partial charge in [-0.1, -0.05) is 6.92 Å². The van der Waals surface area contributed by atoms with Crippen molar-refractivity contribution in [3.8, 4) is 0 Å². The fourth-order valence-corrected chi connectivity index (χ4v) is 7.77. The highest BCUT2D eigenvalue weighted by molar-refractivity contribution is 5.81. The molecule has 0 amide bonds. The van der Waals surface area contributed by atoms with Crippen molar-refractivity contribution in [2.45, 2.75) is 82.8 Å². The number of rotatable bonds is 3. The molecule has 0 heterocycles. The van der Waals surface area contributed by atoms with Crippen molar-refractivity contribution in [1.29, 1.82) is 0 Å². The van der Waals surface area contributed by atoms with Gasteiger partial charge < -0.3 is 20.1 Å². The minimum atomic E-state index is -1.18. The number of esters is 1. The number of fused-ring (bicyclic) bond motifs is 5. The van der Waals surface area contributed by atoms with Crippen LogP contribution in [0.2, 0.25) is 0 Å². The van der Waals surface area contributed by atoms with Gasteiger partial charge in [0, 0.05) is 23.7 Å². The molecular weight excluding hydrogens is 360 g/mol. The molecule has 28 heavy (non-hydrogen) atoms. The van der Waals surface area contributed by atoms with Crippen molar-refractivity contribution >= 4 is 11.8 Å². The molecule has 0 aromatic carbocycles. The lowest BCUT2D eigenvalue weighted by molar-refractivity contribution is -0.258. The smallest absolute Gasteiger partial charge is 0.309 e. The lowest BCUT2D eigenvalue weighted by atomic mass is 9.42. The number of aliphatic hydroxyl groups is 3. The van der Waals surface area contributed by atoms with E-state index in [0.717, 1.165) is 6.42 Å². The highest BCUT2D eigenvalue weighted by atomic mass is 16.5. The number of hydrogen-bond donors (Lipinski definition) is 3. The molecule has 6 heteroatoms. The summed E-state index contributed by atoms with van der Waals surface area (Å²) in [6.45, 7) is 4.00. The molecule has 7 atom stereocenters. The van der Waals surface area contributed by atoms with Gasteiger partial charge in [-0.15, -0.1) is 0 Å². The number of Topliss-reactive ketones (excluding diaryl/α,β-unsaturated/α-hetero) is 1. The van der Waals surface area contributed by atoms with E-state index in [4.69, 9.17) is 4.74 Å². The van der Waals surface area contributed by atoms with Crippen LogP contribution in [0.4, 0.5) is 0 Å². The SMILES string of the molecule is CCOC(=O)[C@@H]1CC[C@]2(O)[C@H]3CC[C@@]4(O)CC(=O)CC[C@]4(CO)[C@@H]3CC[C@]12C. The molecule has 0 aliphatic heterocycles. The highest BCUT2D eigenvalue weighted by Gasteiger charge is 2.71. The van der Waals surface area contributed by atoms with Crippen LogP contribution in [0.15, 0.2) is 0 Å². The molecule has 0 unspecified atom stereocenters. The summed E-state index contributed by atoms with van der Waals surface area (Å²) in [6.07, 6.45) is 4.59. The maximum Gasteiger partial charge on any atom is 0.309 e. The second kappa shape index (κ2) is 6.51. The van der Waals surface area contributed by atoms with Crippen LogP contribution < -0.4 is 0 Å². The van der Waals surface area contributed by atoms with Gasteiger partial charge in [-0.2, -0.15) is 0 Å². The Hall–Kier alpha value is -0.980. The summed E-state index contributed by atoms with van der Waals surface area (Å²) in [7, 11) is 0. The van der Waals surface area contributed by atoms with E-state index in [2.05, 4.69) is 0 Å². The summed E-state index contributed by atoms with van der Waals surface area (Å²) in [5.41, 5.74) is -3.46. The van der Waals surface area contributed by atoms with Gasteiger partial charge >= 0.3 is 5.97 Å². The third kappa shape index (κ3) is 2.37. The Morgan fingerprint density at radius 3 is 2.50 bits per heavy atom. The Balaban J connectivity index is 1.70.